The maximum Gasteiger partial charge on any atom is 0.573 e. The first-order valence-electron chi connectivity index (χ1n) is 9.49. The molecule has 5 rings (SSSR count). The maximum atomic E-state index is 12.4. The standard InChI is InChI=1S/C19H19ClF3N5O3/c1-26-18(30)17(20)15(7-24-26)27-8-12-6-13(9-27)28(12)10-16(29)25-11-2-4-14(5-3-11)31-19(21,22)23/h2-5,7,12-13H,6,8-10H2,1H3,(H,25,29). The zero-order valence-electron chi connectivity index (χ0n) is 16.4. The topological polar surface area (TPSA) is 79.7 Å². The van der Waals surface area contributed by atoms with Gasteiger partial charge in [0.25, 0.3) is 5.56 Å². The number of piperidine rings is 1. The van der Waals surface area contributed by atoms with Crippen LogP contribution in [0.2, 0.25) is 5.02 Å². The summed E-state index contributed by atoms with van der Waals surface area (Å²) >= 11 is 6.19. The van der Waals surface area contributed by atoms with E-state index in [1.54, 1.807) is 6.20 Å². The van der Waals surface area contributed by atoms with Gasteiger partial charge in [0.2, 0.25) is 5.91 Å². The molecule has 2 bridgehead atoms. The Morgan fingerprint density at radius 2 is 1.90 bits per heavy atom. The molecular weight excluding hydrogens is 439 g/mol. The number of piperazine rings is 1. The largest absolute Gasteiger partial charge is 0.573 e. The number of halogens is 4. The molecule has 0 aliphatic carbocycles. The zero-order valence-corrected chi connectivity index (χ0v) is 17.2. The minimum Gasteiger partial charge on any atom is -0.406 e. The molecule has 2 unspecified atom stereocenters. The van der Waals surface area contributed by atoms with Gasteiger partial charge in [-0.15, -0.1) is 13.2 Å². The summed E-state index contributed by atoms with van der Waals surface area (Å²) in [5.74, 6) is -0.618. The zero-order chi connectivity index (χ0) is 22.3. The summed E-state index contributed by atoms with van der Waals surface area (Å²) in [5, 5.41) is 6.83. The summed E-state index contributed by atoms with van der Waals surface area (Å²) < 4.78 is 41.6. The first-order chi connectivity index (χ1) is 14.6. The number of aromatic nitrogens is 2. The van der Waals surface area contributed by atoms with E-state index >= 15 is 0 Å². The number of benzene rings is 1. The Bertz CT molecular complexity index is 1030. The molecule has 1 aromatic heterocycles. The van der Waals surface area contributed by atoms with Gasteiger partial charge in [0, 0.05) is 37.9 Å². The first-order valence-corrected chi connectivity index (χ1v) is 9.86. The number of alkyl halides is 3. The lowest BCUT2D eigenvalue weighted by molar-refractivity contribution is -0.274. The highest BCUT2D eigenvalue weighted by atomic mass is 35.5. The molecule has 3 fully saturated rings. The number of rotatable bonds is 5. The molecule has 2 atom stereocenters. The molecule has 1 N–H and O–H groups in total. The van der Waals surface area contributed by atoms with E-state index in [4.69, 9.17) is 11.6 Å². The summed E-state index contributed by atoms with van der Waals surface area (Å²) in [6.07, 6.45) is -2.26. The van der Waals surface area contributed by atoms with Crippen LogP contribution in [0, 0.1) is 0 Å². The van der Waals surface area contributed by atoms with Crippen LogP contribution >= 0.6 is 11.6 Å². The van der Waals surface area contributed by atoms with E-state index < -0.39 is 6.36 Å². The van der Waals surface area contributed by atoms with Crippen LogP contribution in [-0.2, 0) is 11.8 Å². The third-order valence-corrected chi connectivity index (χ3v) is 5.80. The van der Waals surface area contributed by atoms with Crippen LogP contribution in [0.15, 0.2) is 35.3 Å². The summed E-state index contributed by atoms with van der Waals surface area (Å²) in [4.78, 5) is 28.5. The minimum atomic E-state index is -4.76. The van der Waals surface area contributed by atoms with Crippen LogP contribution in [0.3, 0.4) is 0 Å². The third-order valence-electron chi connectivity index (χ3n) is 5.44. The fourth-order valence-corrected chi connectivity index (χ4v) is 4.26. The molecule has 0 radical (unpaired) electrons. The molecule has 0 saturated carbocycles. The van der Waals surface area contributed by atoms with Gasteiger partial charge in [-0.2, -0.15) is 5.10 Å². The molecule has 1 amide bonds. The van der Waals surface area contributed by atoms with Crippen molar-refractivity contribution >= 4 is 28.9 Å². The highest BCUT2D eigenvalue weighted by Crippen LogP contribution is 2.35. The van der Waals surface area contributed by atoms with Gasteiger partial charge in [-0.1, -0.05) is 11.6 Å². The van der Waals surface area contributed by atoms with Gasteiger partial charge in [-0.3, -0.25) is 14.5 Å². The number of ether oxygens (including phenoxy) is 1. The average molecular weight is 458 g/mol. The molecule has 1 aromatic carbocycles. The summed E-state index contributed by atoms with van der Waals surface area (Å²) in [5.41, 5.74) is 0.607. The summed E-state index contributed by atoms with van der Waals surface area (Å²) in [6, 6.07) is 5.24. The Morgan fingerprint density at radius 3 is 2.52 bits per heavy atom. The van der Waals surface area contributed by atoms with E-state index in [1.807, 2.05) is 4.90 Å². The minimum absolute atomic E-state index is 0.126. The summed E-state index contributed by atoms with van der Waals surface area (Å²) in [7, 11) is 1.53. The first kappa shape index (κ1) is 21.4. The maximum absolute atomic E-state index is 12.4. The predicted molar refractivity (Wildman–Crippen MR) is 107 cm³/mol. The molecule has 31 heavy (non-hydrogen) atoms. The lowest BCUT2D eigenvalue weighted by Gasteiger charge is -2.56. The molecular formula is C19H19ClF3N5O3. The third kappa shape index (κ3) is 4.62. The molecule has 3 aliphatic heterocycles. The van der Waals surface area contributed by atoms with Crippen molar-refractivity contribution in [3.8, 4) is 5.75 Å². The van der Waals surface area contributed by atoms with Crippen molar-refractivity contribution in [2.75, 3.05) is 29.9 Å². The molecule has 12 heteroatoms. The molecule has 2 aromatic rings. The monoisotopic (exact) mass is 457 g/mol. The Labute approximate surface area is 180 Å². The highest BCUT2D eigenvalue weighted by Gasteiger charge is 2.45. The van der Waals surface area contributed by atoms with E-state index in [2.05, 4.69) is 20.1 Å². The van der Waals surface area contributed by atoms with Gasteiger partial charge in [-0.25, -0.2) is 4.68 Å². The Morgan fingerprint density at radius 1 is 1.26 bits per heavy atom. The van der Waals surface area contributed by atoms with Crippen LogP contribution in [0.4, 0.5) is 24.5 Å². The van der Waals surface area contributed by atoms with E-state index in [1.165, 1.54) is 23.9 Å². The van der Waals surface area contributed by atoms with Crippen molar-refractivity contribution in [2.45, 2.75) is 24.9 Å². The number of anilines is 2. The second kappa shape index (κ2) is 8.04. The van der Waals surface area contributed by atoms with E-state index in [-0.39, 0.29) is 40.9 Å². The van der Waals surface area contributed by atoms with Gasteiger partial charge in [0.05, 0.1) is 18.4 Å². The Kier molecular flexibility index (Phi) is 5.56. The van der Waals surface area contributed by atoms with Crippen molar-refractivity contribution in [1.29, 1.82) is 0 Å². The normalized spacial score (nSPS) is 20.9. The quantitative estimate of drug-likeness (QED) is 0.742. The number of nitrogens with one attached hydrogen (secondary N) is 1. The average Bonchev–Trinajstić information content (AvgIpc) is 2.71. The van der Waals surface area contributed by atoms with Crippen LogP contribution in [0.25, 0.3) is 0 Å². The van der Waals surface area contributed by atoms with E-state index in [0.717, 1.165) is 18.6 Å². The SMILES string of the molecule is Cn1ncc(N2CC3CC(C2)N3CC(=O)Nc2ccc(OC(F)(F)F)cc2)c(Cl)c1=O. The van der Waals surface area contributed by atoms with E-state index in [9.17, 15) is 22.8 Å². The number of aryl methyl sites for hydroxylation is 1. The van der Waals surface area contributed by atoms with E-state index in [0.29, 0.717) is 24.5 Å². The molecule has 3 saturated heterocycles. The second-order valence-corrected chi connectivity index (χ2v) is 7.89. The van der Waals surface area contributed by atoms with Crippen molar-refractivity contribution < 1.29 is 22.7 Å². The van der Waals surface area contributed by atoms with Gasteiger partial charge in [0.1, 0.15) is 10.8 Å². The van der Waals surface area contributed by atoms with Gasteiger partial charge in [0.15, 0.2) is 0 Å². The Balaban J connectivity index is 1.32. The van der Waals surface area contributed by atoms with Crippen LogP contribution in [0.5, 0.6) is 5.75 Å². The second-order valence-electron chi connectivity index (χ2n) is 7.51. The molecule has 3 aliphatic rings. The number of fused-ring (bicyclic) bond motifs is 2. The van der Waals surface area contributed by atoms with Crippen LogP contribution in [-0.4, -0.2) is 58.7 Å². The number of carbonyl (C=O) groups is 1. The predicted octanol–water partition coefficient (Wildman–Crippen LogP) is 2.23. The number of nitrogens with zero attached hydrogens (tertiary/aromatic N) is 4. The van der Waals surface area contributed by atoms with Crippen molar-refractivity contribution in [1.82, 2.24) is 14.7 Å². The molecule has 166 valence electrons. The van der Waals surface area contributed by atoms with Crippen molar-refractivity contribution in [2.24, 2.45) is 7.05 Å². The molecule has 4 heterocycles. The number of hydrogen-bond donors (Lipinski definition) is 1. The molecule has 0 spiro atoms. The van der Waals surface area contributed by atoms with Gasteiger partial charge >= 0.3 is 6.36 Å². The lowest BCUT2D eigenvalue weighted by atomic mass is 9.87. The van der Waals surface area contributed by atoms with Crippen LogP contribution < -0.4 is 20.5 Å². The van der Waals surface area contributed by atoms with Crippen LogP contribution in [0.1, 0.15) is 6.42 Å². The number of carbonyl (C=O) groups excluding carboxylic acids is 1. The fraction of sp³-hybridized carbons (Fsp3) is 0.421. The lowest BCUT2D eigenvalue weighted by Crippen LogP contribution is -2.69. The van der Waals surface area contributed by atoms with Gasteiger partial charge in [-0.05, 0) is 30.7 Å². The van der Waals surface area contributed by atoms with Gasteiger partial charge < -0.3 is 15.0 Å². The molecule has 8 nitrogen and oxygen atoms in total. The highest BCUT2D eigenvalue weighted by molar-refractivity contribution is 6.33. The smallest absolute Gasteiger partial charge is 0.406 e. The number of amides is 1. The van der Waals surface area contributed by atoms with Crippen molar-refractivity contribution in [3.63, 3.8) is 0 Å². The summed E-state index contributed by atoms with van der Waals surface area (Å²) in [6.45, 7) is 1.39. The van der Waals surface area contributed by atoms with Crippen molar-refractivity contribution in [3.05, 3.63) is 45.8 Å². The number of hydrogen-bond acceptors (Lipinski definition) is 6. The Hall–Kier alpha value is -2.79. The fourth-order valence-electron chi connectivity index (χ4n) is 3.97.